The quantitative estimate of drug-likeness (QED) is 0.185. The Labute approximate surface area is 268 Å². The lowest BCUT2D eigenvalue weighted by molar-refractivity contribution is -0.121. The van der Waals surface area contributed by atoms with Crippen LogP contribution in [0.15, 0.2) is 77.7 Å². The minimum atomic E-state index is -3.54. The number of carbonyl (C=O) groups excluding carboxylic acids is 2. The molecule has 3 aromatic rings. The summed E-state index contributed by atoms with van der Waals surface area (Å²) in [4.78, 5) is 26.6. The summed E-state index contributed by atoms with van der Waals surface area (Å²) in [5, 5.41) is 6.27. The maximum atomic E-state index is 13.3. The van der Waals surface area contributed by atoms with E-state index in [9.17, 15) is 18.0 Å². The van der Waals surface area contributed by atoms with Gasteiger partial charge in [-0.15, -0.1) is 0 Å². The molecule has 44 heavy (non-hydrogen) atoms. The Morgan fingerprint density at radius 3 is 1.98 bits per heavy atom. The maximum Gasteiger partial charge on any atom is 0.319 e. The first-order chi connectivity index (χ1) is 20.6. The van der Waals surface area contributed by atoms with Crippen molar-refractivity contribution in [3.63, 3.8) is 0 Å². The van der Waals surface area contributed by atoms with Gasteiger partial charge in [0.2, 0.25) is 0 Å². The van der Waals surface area contributed by atoms with Crippen LogP contribution in [-0.2, 0) is 32.2 Å². The van der Waals surface area contributed by atoms with Gasteiger partial charge in [-0.1, -0.05) is 109 Å². The van der Waals surface area contributed by atoms with Crippen LogP contribution in [0.5, 0.6) is 0 Å². The second kappa shape index (κ2) is 15.7. The molecule has 0 aliphatic heterocycles. The molecule has 3 aromatic carbocycles. The molecule has 0 aliphatic carbocycles. The minimum absolute atomic E-state index is 0.0109. The number of anilines is 1. The fraction of sp³-hybridized carbons (Fsp3) is 0.444. The lowest BCUT2D eigenvalue weighted by atomic mass is 9.87. The Kier molecular flexibility index (Phi) is 12.6. The summed E-state index contributed by atoms with van der Waals surface area (Å²) >= 11 is 6.04. The van der Waals surface area contributed by atoms with Crippen molar-refractivity contribution in [1.29, 1.82) is 0 Å². The normalized spacial score (nSPS) is 13.4. The van der Waals surface area contributed by atoms with Crippen molar-refractivity contribution in [2.45, 2.75) is 95.8 Å². The zero-order chi connectivity index (χ0) is 32.5. The second-order valence-electron chi connectivity index (χ2n) is 13.3. The number of sulfone groups is 1. The van der Waals surface area contributed by atoms with E-state index < -0.39 is 21.9 Å². The molecule has 0 heterocycles. The summed E-state index contributed by atoms with van der Waals surface area (Å²) in [6.45, 7) is 12.7. The average Bonchev–Trinajstić information content (AvgIpc) is 2.94. The van der Waals surface area contributed by atoms with Crippen LogP contribution in [0.4, 0.5) is 10.5 Å². The number of ketones is 1. The van der Waals surface area contributed by atoms with Crippen molar-refractivity contribution in [2.24, 2.45) is 11.8 Å². The maximum absolute atomic E-state index is 13.3. The van der Waals surface area contributed by atoms with Crippen LogP contribution in [0.2, 0.25) is 5.02 Å². The van der Waals surface area contributed by atoms with Gasteiger partial charge in [-0.2, -0.15) is 0 Å². The van der Waals surface area contributed by atoms with E-state index >= 15 is 0 Å². The fourth-order valence-electron chi connectivity index (χ4n) is 5.04. The minimum Gasteiger partial charge on any atom is -0.328 e. The molecule has 2 amide bonds. The first-order valence-electron chi connectivity index (χ1n) is 15.4. The zero-order valence-electron chi connectivity index (χ0n) is 26.8. The highest BCUT2D eigenvalue weighted by molar-refractivity contribution is 7.90. The predicted octanol–water partition coefficient (Wildman–Crippen LogP) is 8.77. The second-order valence-corrected chi connectivity index (χ2v) is 15.7. The number of hydrogen-bond donors (Lipinski definition) is 2. The smallest absolute Gasteiger partial charge is 0.319 e. The van der Waals surface area contributed by atoms with Crippen LogP contribution in [0, 0.1) is 11.8 Å². The Bertz CT molecular complexity index is 1480. The van der Waals surface area contributed by atoms with Crippen LogP contribution in [0.3, 0.4) is 0 Å². The summed E-state index contributed by atoms with van der Waals surface area (Å²) in [6.07, 6.45) is 3.91. The summed E-state index contributed by atoms with van der Waals surface area (Å²) < 4.78 is 26.0. The number of carbonyl (C=O) groups is 2. The molecule has 0 fully saturated rings. The molecular weight excluding hydrogens is 592 g/mol. The molecular formula is C36H47ClN2O4S. The van der Waals surface area contributed by atoms with E-state index in [1.54, 1.807) is 48.5 Å². The largest absolute Gasteiger partial charge is 0.328 e. The Morgan fingerprint density at radius 1 is 0.818 bits per heavy atom. The molecule has 0 bridgehead atoms. The first-order valence-corrected chi connectivity index (χ1v) is 17.4. The van der Waals surface area contributed by atoms with Crippen molar-refractivity contribution in [3.05, 3.63) is 94.5 Å². The molecule has 0 aromatic heterocycles. The first kappa shape index (κ1) is 35.3. The zero-order valence-corrected chi connectivity index (χ0v) is 28.4. The Balaban J connectivity index is 1.63. The number of urea groups is 1. The molecule has 0 radical (unpaired) electrons. The van der Waals surface area contributed by atoms with Crippen LogP contribution in [-0.4, -0.2) is 26.3 Å². The van der Waals surface area contributed by atoms with E-state index in [1.165, 1.54) is 0 Å². The predicted molar refractivity (Wildman–Crippen MR) is 181 cm³/mol. The SMILES string of the molecule is CC(C)CCCC(C)CC(=O)[C@H](Cc1ccc(Cl)cc1)NC(=O)Nc1ccc(CS(=O)(=O)c2ccc(C(C)(C)C)cc2)cc1. The van der Waals surface area contributed by atoms with E-state index in [0.29, 0.717) is 35.0 Å². The molecule has 3 rings (SSSR count). The molecule has 2 atom stereocenters. The summed E-state index contributed by atoms with van der Waals surface area (Å²) in [6, 6.07) is 19.8. The lowest BCUT2D eigenvalue weighted by Crippen LogP contribution is -2.44. The van der Waals surface area contributed by atoms with Gasteiger partial charge in [0.05, 0.1) is 16.7 Å². The highest BCUT2D eigenvalue weighted by Gasteiger charge is 2.23. The highest BCUT2D eigenvalue weighted by atomic mass is 35.5. The summed E-state index contributed by atoms with van der Waals surface area (Å²) in [5.41, 5.74) is 3.01. The topological polar surface area (TPSA) is 92.3 Å². The fourth-order valence-corrected chi connectivity index (χ4v) is 6.51. The van der Waals surface area contributed by atoms with Crippen molar-refractivity contribution in [3.8, 4) is 0 Å². The Hall–Kier alpha value is -3.16. The van der Waals surface area contributed by atoms with Crippen molar-refractivity contribution >= 4 is 38.9 Å². The number of benzene rings is 3. The molecule has 0 saturated carbocycles. The molecule has 238 valence electrons. The average molecular weight is 639 g/mol. The highest BCUT2D eigenvalue weighted by Crippen LogP contribution is 2.25. The Morgan fingerprint density at radius 2 is 1.41 bits per heavy atom. The number of hydrogen-bond acceptors (Lipinski definition) is 4. The lowest BCUT2D eigenvalue weighted by Gasteiger charge is -2.21. The molecule has 0 aliphatic rings. The third-order valence-corrected chi connectivity index (χ3v) is 9.68. The van der Waals surface area contributed by atoms with Gasteiger partial charge in [-0.3, -0.25) is 4.79 Å². The van der Waals surface area contributed by atoms with Crippen molar-refractivity contribution in [1.82, 2.24) is 5.32 Å². The van der Waals surface area contributed by atoms with E-state index in [1.807, 2.05) is 24.3 Å². The van der Waals surface area contributed by atoms with Gasteiger partial charge in [-0.05, 0) is 76.8 Å². The monoisotopic (exact) mass is 638 g/mol. The van der Waals surface area contributed by atoms with Gasteiger partial charge >= 0.3 is 6.03 Å². The molecule has 2 N–H and O–H groups in total. The molecule has 1 unspecified atom stereocenters. The van der Waals surface area contributed by atoms with Gasteiger partial charge in [-0.25, -0.2) is 13.2 Å². The molecule has 8 heteroatoms. The molecule has 0 spiro atoms. The standard InChI is InChI=1S/C36H47ClN2O4S/c1-25(2)8-7-9-26(3)22-34(40)33(23-27-10-16-30(37)17-11-27)39-35(41)38-31-18-12-28(13-19-31)24-44(42,43)32-20-14-29(15-21-32)36(4,5)6/h10-21,25-26,33H,7-9,22-24H2,1-6H3,(H2,38,39,41)/t26?,33-/m0/s1. The van der Waals surface area contributed by atoms with E-state index in [2.05, 4.69) is 52.2 Å². The van der Waals surface area contributed by atoms with Gasteiger partial charge in [0.1, 0.15) is 0 Å². The van der Waals surface area contributed by atoms with Crippen LogP contribution in [0.25, 0.3) is 0 Å². The van der Waals surface area contributed by atoms with Gasteiger partial charge < -0.3 is 10.6 Å². The van der Waals surface area contributed by atoms with Crippen molar-refractivity contribution in [2.75, 3.05) is 5.32 Å². The van der Waals surface area contributed by atoms with Gasteiger partial charge in [0, 0.05) is 17.1 Å². The number of Topliss-reactive ketones (excluding diaryl/α,β-unsaturated/α-hetero) is 1. The number of nitrogens with one attached hydrogen (secondary N) is 2. The van der Waals surface area contributed by atoms with E-state index in [0.717, 1.165) is 30.4 Å². The summed E-state index contributed by atoms with van der Waals surface area (Å²) in [7, 11) is -3.54. The van der Waals surface area contributed by atoms with Crippen LogP contribution in [0.1, 0.15) is 83.9 Å². The number of halogens is 1. The summed E-state index contributed by atoms with van der Waals surface area (Å²) in [5.74, 6) is 0.689. The molecule has 6 nitrogen and oxygen atoms in total. The third kappa shape index (κ3) is 11.4. The number of rotatable bonds is 14. The van der Waals surface area contributed by atoms with Gasteiger partial charge in [0.15, 0.2) is 15.6 Å². The van der Waals surface area contributed by atoms with Crippen LogP contribution < -0.4 is 10.6 Å². The third-order valence-electron chi connectivity index (χ3n) is 7.72. The van der Waals surface area contributed by atoms with E-state index in [-0.39, 0.29) is 27.8 Å². The number of amides is 2. The van der Waals surface area contributed by atoms with Crippen molar-refractivity contribution < 1.29 is 18.0 Å². The van der Waals surface area contributed by atoms with Gasteiger partial charge in [0.25, 0.3) is 0 Å². The van der Waals surface area contributed by atoms with E-state index in [4.69, 9.17) is 11.6 Å². The molecule has 0 saturated heterocycles. The van der Waals surface area contributed by atoms with Crippen LogP contribution >= 0.6 is 11.6 Å².